The number of aromatic nitrogens is 3. The fraction of sp³-hybridized carbons (Fsp3) is 0. The van der Waals surface area contributed by atoms with Crippen molar-refractivity contribution in [1.29, 1.82) is 0 Å². The summed E-state index contributed by atoms with van der Waals surface area (Å²) < 4.78 is 11.5. The SMILES string of the molecule is c1ccc(-c2nc(-c3ccccc3)nc(-c3cccc4c3sc3ccc(-c5cc(-c6cccc7c6oc6ccccc67)cc6sc7ccccc7c56)cc34)n2)cc1. The van der Waals surface area contributed by atoms with Gasteiger partial charge < -0.3 is 4.42 Å². The minimum Gasteiger partial charge on any atom is -0.455 e. The van der Waals surface area contributed by atoms with Crippen LogP contribution in [0.1, 0.15) is 0 Å². The summed E-state index contributed by atoms with van der Waals surface area (Å²) in [5.41, 5.74) is 9.36. The molecule has 0 saturated carbocycles. The summed E-state index contributed by atoms with van der Waals surface area (Å²) in [4.78, 5) is 15.1. The lowest BCUT2D eigenvalue weighted by Gasteiger charge is -2.11. The fourth-order valence-corrected chi connectivity index (χ4v) is 10.6. The minimum absolute atomic E-state index is 0.657. The van der Waals surface area contributed by atoms with E-state index in [1.54, 1.807) is 11.3 Å². The van der Waals surface area contributed by atoms with E-state index < -0.39 is 0 Å². The molecule has 12 rings (SSSR count). The van der Waals surface area contributed by atoms with Gasteiger partial charge >= 0.3 is 0 Å². The summed E-state index contributed by atoms with van der Waals surface area (Å²) in [5.74, 6) is 1.98. The van der Waals surface area contributed by atoms with Crippen molar-refractivity contribution >= 4 is 85.0 Å². The monoisotopic (exact) mass is 763 g/mol. The van der Waals surface area contributed by atoms with Crippen molar-refractivity contribution < 1.29 is 4.42 Å². The van der Waals surface area contributed by atoms with Crippen LogP contribution >= 0.6 is 22.7 Å². The highest BCUT2D eigenvalue weighted by molar-refractivity contribution is 7.26. The van der Waals surface area contributed by atoms with Gasteiger partial charge in [-0.05, 0) is 59.2 Å². The Hall–Kier alpha value is -6.99. The van der Waals surface area contributed by atoms with Gasteiger partial charge in [-0.2, -0.15) is 0 Å². The average Bonchev–Trinajstić information content (AvgIpc) is 3.97. The van der Waals surface area contributed by atoms with E-state index in [2.05, 4.69) is 133 Å². The lowest BCUT2D eigenvalue weighted by Crippen LogP contribution is -2.00. The average molecular weight is 764 g/mol. The number of hydrogen-bond acceptors (Lipinski definition) is 6. The van der Waals surface area contributed by atoms with Crippen molar-refractivity contribution in [3.8, 4) is 56.4 Å². The van der Waals surface area contributed by atoms with Crippen molar-refractivity contribution in [2.45, 2.75) is 0 Å². The molecule has 0 atom stereocenters. The van der Waals surface area contributed by atoms with Gasteiger partial charge in [0.2, 0.25) is 0 Å². The molecular formula is C51H29N3OS2. The summed E-state index contributed by atoms with van der Waals surface area (Å²) in [6.07, 6.45) is 0. The first kappa shape index (κ1) is 32.3. The Morgan fingerprint density at radius 2 is 0.982 bits per heavy atom. The highest BCUT2D eigenvalue weighted by Gasteiger charge is 2.20. The van der Waals surface area contributed by atoms with Gasteiger partial charge in [-0.3, -0.25) is 0 Å². The number of rotatable bonds is 5. The van der Waals surface area contributed by atoms with E-state index in [0.717, 1.165) is 54.5 Å². The highest BCUT2D eigenvalue weighted by atomic mass is 32.1. The van der Waals surface area contributed by atoms with Crippen LogP contribution in [-0.4, -0.2) is 15.0 Å². The van der Waals surface area contributed by atoms with Gasteiger partial charge in [0.05, 0.1) is 0 Å². The highest BCUT2D eigenvalue weighted by Crippen LogP contribution is 2.47. The number of para-hydroxylation sites is 2. The van der Waals surface area contributed by atoms with Gasteiger partial charge in [0.25, 0.3) is 0 Å². The molecule has 57 heavy (non-hydrogen) atoms. The predicted molar refractivity (Wildman–Crippen MR) is 240 cm³/mol. The molecule has 0 unspecified atom stereocenters. The van der Waals surface area contributed by atoms with Crippen LogP contribution in [0.3, 0.4) is 0 Å². The zero-order chi connectivity index (χ0) is 37.5. The lowest BCUT2D eigenvalue weighted by molar-refractivity contribution is 0.670. The summed E-state index contributed by atoms with van der Waals surface area (Å²) in [7, 11) is 0. The van der Waals surface area contributed by atoms with Crippen LogP contribution in [0.15, 0.2) is 180 Å². The van der Waals surface area contributed by atoms with Crippen LogP contribution in [0.25, 0.3) is 119 Å². The third-order valence-electron chi connectivity index (χ3n) is 10.9. The van der Waals surface area contributed by atoms with Crippen molar-refractivity contribution in [2.24, 2.45) is 0 Å². The summed E-state index contributed by atoms with van der Waals surface area (Å²) in [6.45, 7) is 0. The Bertz CT molecular complexity index is 3470. The van der Waals surface area contributed by atoms with E-state index in [4.69, 9.17) is 19.4 Å². The molecule has 266 valence electrons. The number of nitrogens with zero attached hydrogens (tertiary/aromatic N) is 3. The Labute approximate surface area is 335 Å². The second-order valence-electron chi connectivity index (χ2n) is 14.3. The second kappa shape index (κ2) is 12.8. The molecule has 0 amide bonds. The molecule has 0 aliphatic carbocycles. The summed E-state index contributed by atoms with van der Waals surface area (Å²) in [6, 6.07) is 62.0. The number of hydrogen-bond donors (Lipinski definition) is 0. The third kappa shape index (κ3) is 5.22. The van der Waals surface area contributed by atoms with Crippen molar-refractivity contribution in [1.82, 2.24) is 15.0 Å². The minimum atomic E-state index is 0.657. The van der Waals surface area contributed by atoms with E-state index in [1.165, 1.54) is 46.8 Å². The molecule has 0 radical (unpaired) electrons. The first-order valence-electron chi connectivity index (χ1n) is 18.9. The van der Waals surface area contributed by atoms with E-state index >= 15 is 0 Å². The van der Waals surface area contributed by atoms with Crippen molar-refractivity contribution in [3.63, 3.8) is 0 Å². The van der Waals surface area contributed by atoms with Gasteiger partial charge in [-0.15, -0.1) is 22.7 Å². The number of fused-ring (bicyclic) bond motifs is 9. The Balaban J connectivity index is 1.06. The molecule has 0 spiro atoms. The fourth-order valence-electron chi connectivity index (χ4n) is 8.28. The van der Waals surface area contributed by atoms with Crippen LogP contribution < -0.4 is 0 Å². The van der Waals surface area contributed by atoms with Crippen LogP contribution in [-0.2, 0) is 0 Å². The molecule has 0 aliphatic heterocycles. The third-order valence-corrected chi connectivity index (χ3v) is 13.3. The zero-order valence-electron chi connectivity index (χ0n) is 30.3. The van der Waals surface area contributed by atoms with Crippen LogP contribution in [0, 0.1) is 0 Å². The molecular weight excluding hydrogens is 735 g/mol. The van der Waals surface area contributed by atoms with Crippen LogP contribution in [0.5, 0.6) is 0 Å². The molecule has 0 N–H and O–H groups in total. The Kier molecular flexibility index (Phi) is 7.24. The van der Waals surface area contributed by atoms with Crippen LogP contribution in [0.2, 0.25) is 0 Å². The number of thiophene rings is 2. The van der Waals surface area contributed by atoms with Gasteiger partial charge in [-0.25, -0.2) is 15.0 Å². The normalized spacial score (nSPS) is 11.9. The molecule has 0 aliphatic rings. The molecule has 6 heteroatoms. The first-order valence-corrected chi connectivity index (χ1v) is 20.6. The number of benzene rings is 8. The molecule has 0 fully saturated rings. The summed E-state index contributed by atoms with van der Waals surface area (Å²) in [5, 5.41) is 7.23. The quantitative estimate of drug-likeness (QED) is 0.175. The Morgan fingerprint density at radius 3 is 1.77 bits per heavy atom. The van der Waals surface area contributed by atoms with Gasteiger partial charge in [0, 0.05) is 73.4 Å². The molecule has 4 aromatic heterocycles. The number of furan rings is 1. The van der Waals surface area contributed by atoms with E-state index in [9.17, 15) is 0 Å². The lowest BCUT2D eigenvalue weighted by atomic mass is 9.93. The van der Waals surface area contributed by atoms with E-state index in [-0.39, 0.29) is 0 Å². The molecule has 12 aromatic rings. The molecule has 4 nitrogen and oxygen atoms in total. The maximum absolute atomic E-state index is 6.55. The maximum atomic E-state index is 6.55. The predicted octanol–water partition coefficient (Wildman–Crippen LogP) is 14.8. The topological polar surface area (TPSA) is 51.8 Å². The van der Waals surface area contributed by atoms with Gasteiger partial charge in [-0.1, -0.05) is 133 Å². The molecule has 0 saturated heterocycles. The standard InChI is InChI=1S/C51H29N3OS2/c1-3-13-30(14-4-1)49-52-50(31-15-5-2-6-16-31)54-51(53-49)39-22-12-21-37-41-27-32(25-26-44(41)57-48(37)39)40-28-33(29-45-46(40)38-18-8-10-24-43(38)56-45)34-19-11-20-36-35-17-7-9-23-42(35)55-47(34)36/h1-29H. The van der Waals surface area contributed by atoms with E-state index in [1.807, 2.05) is 53.8 Å². The molecule has 0 bridgehead atoms. The second-order valence-corrected chi connectivity index (χ2v) is 16.4. The van der Waals surface area contributed by atoms with E-state index in [0.29, 0.717) is 17.5 Å². The Morgan fingerprint density at radius 1 is 0.351 bits per heavy atom. The zero-order valence-corrected chi connectivity index (χ0v) is 31.9. The van der Waals surface area contributed by atoms with Crippen molar-refractivity contribution in [3.05, 3.63) is 176 Å². The molecule has 4 heterocycles. The first-order chi connectivity index (χ1) is 28.2. The van der Waals surface area contributed by atoms with Gasteiger partial charge in [0.15, 0.2) is 17.5 Å². The van der Waals surface area contributed by atoms with Crippen LogP contribution in [0.4, 0.5) is 0 Å². The summed E-state index contributed by atoms with van der Waals surface area (Å²) >= 11 is 3.64. The largest absolute Gasteiger partial charge is 0.455 e. The van der Waals surface area contributed by atoms with Crippen molar-refractivity contribution in [2.75, 3.05) is 0 Å². The van der Waals surface area contributed by atoms with Gasteiger partial charge in [0.1, 0.15) is 11.2 Å². The smallest absolute Gasteiger partial charge is 0.165 e. The maximum Gasteiger partial charge on any atom is 0.165 e. The molecule has 8 aromatic carbocycles.